The molecule has 11 nitrogen and oxygen atoms in total. The van der Waals surface area contributed by atoms with Gasteiger partial charge in [-0.2, -0.15) is 10.9 Å². The summed E-state index contributed by atoms with van der Waals surface area (Å²) in [6, 6.07) is 13.5. The summed E-state index contributed by atoms with van der Waals surface area (Å²) >= 11 is 7.04. The molecule has 0 fully saturated rings. The minimum atomic E-state index is -0.768. The Labute approximate surface area is 200 Å². The van der Waals surface area contributed by atoms with Crippen LogP contribution >= 0.6 is 22.9 Å². The lowest BCUT2D eigenvalue weighted by Crippen LogP contribution is -2.48. The number of nitrogens with two attached hydrogens (primary N) is 1. The molecule has 0 atom stereocenters. The van der Waals surface area contributed by atoms with E-state index in [2.05, 4.69) is 19.8 Å². The molecule has 0 saturated heterocycles. The lowest BCUT2D eigenvalue weighted by atomic mass is 10.2. The van der Waals surface area contributed by atoms with Gasteiger partial charge in [-0.05, 0) is 42.0 Å². The fourth-order valence-electron chi connectivity index (χ4n) is 2.88. The van der Waals surface area contributed by atoms with Crippen LogP contribution in [-0.2, 0) is 18.4 Å². The third-order valence-corrected chi connectivity index (χ3v) is 5.60. The molecule has 0 unspecified atom stereocenters. The molecule has 0 aliphatic carbocycles. The number of ether oxygens (including phenoxy) is 1. The van der Waals surface area contributed by atoms with Crippen LogP contribution in [0.4, 0.5) is 5.69 Å². The van der Waals surface area contributed by atoms with Gasteiger partial charge < -0.3 is 9.57 Å². The predicted octanol–water partition coefficient (Wildman–Crippen LogP) is 2.09. The molecule has 174 valence electrons. The molecule has 2 heterocycles. The third-order valence-electron chi connectivity index (χ3n) is 4.63. The van der Waals surface area contributed by atoms with Crippen LogP contribution in [0.3, 0.4) is 0 Å². The second-order valence-electron chi connectivity index (χ2n) is 6.92. The Hall–Kier alpha value is -4.00. The number of carbonyl (C=O) groups is 1. The molecule has 0 radical (unpaired) electrons. The third kappa shape index (κ3) is 5.14. The first-order valence-electron chi connectivity index (χ1n) is 9.68. The molecule has 3 N–H and O–H groups in total. The number of hydrogen-bond donors (Lipinski definition) is 2. The fraction of sp³-hybridized carbons (Fsp3) is 0.0952. The summed E-state index contributed by atoms with van der Waals surface area (Å²) < 4.78 is 7.93. The predicted molar refractivity (Wildman–Crippen MR) is 124 cm³/mol. The van der Waals surface area contributed by atoms with Crippen molar-refractivity contribution in [3.8, 4) is 10.9 Å². The van der Waals surface area contributed by atoms with E-state index in [1.54, 1.807) is 48.5 Å². The topological polar surface area (TPSA) is 147 Å². The maximum Gasteiger partial charge on any atom is 0.376 e. The number of carbonyl (C=O) groups excluding carboxylic acids is 1. The Morgan fingerprint density at radius 3 is 2.56 bits per heavy atom. The van der Waals surface area contributed by atoms with Gasteiger partial charge in [0, 0.05) is 17.5 Å². The molecule has 0 amide bonds. The van der Waals surface area contributed by atoms with Crippen LogP contribution in [0.5, 0.6) is 10.9 Å². The maximum atomic E-state index is 12.8. The fourth-order valence-corrected chi connectivity index (χ4v) is 3.66. The van der Waals surface area contributed by atoms with E-state index in [9.17, 15) is 14.4 Å². The van der Waals surface area contributed by atoms with Gasteiger partial charge in [-0.1, -0.05) is 35.1 Å². The zero-order valence-electron chi connectivity index (χ0n) is 17.6. The van der Waals surface area contributed by atoms with Crippen molar-refractivity contribution in [3.63, 3.8) is 0 Å². The summed E-state index contributed by atoms with van der Waals surface area (Å²) in [4.78, 5) is 51.5. The van der Waals surface area contributed by atoms with E-state index >= 15 is 0 Å². The minimum Gasteiger partial charge on any atom is -0.431 e. The number of nitrogens with zero attached hydrogens (tertiary/aromatic N) is 4. The second kappa shape index (κ2) is 9.87. The smallest absolute Gasteiger partial charge is 0.376 e. The first kappa shape index (κ1) is 23.2. The summed E-state index contributed by atoms with van der Waals surface area (Å²) in [6.45, 7) is 0.179. The molecular weight excluding hydrogens is 484 g/mol. The number of thiazole rings is 1. The van der Waals surface area contributed by atoms with Gasteiger partial charge in [-0.25, -0.2) is 23.9 Å². The highest BCUT2D eigenvalue weighted by Gasteiger charge is 2.13. The number of aromatic nitrogens is 4. The van der Waals surface area contributed by atoms with E-state index in [1.807, 2.05) is 0 Å². The van der Waals surface area contributed by atoms with Crippen LogP contribution in [0.15, 0.2) is 68.5 Å². The van der Waals surface area contributed by atoms with Gasteiger partial charge in [0.2, 0.25) is 5.62 Å². The molecule has 0 bridgehead atoms. The Morgan fingerprint density at radius 1 is 1.18 bits per heavy atom. The molecule has 2 aromatic carbocycles. The van der Waals surface area contributed by atoms with Crippen molar-refractivity contribution < 1.29 is 14.4 Å². The van der Waals surface area contributed by atoms with Crippen LogP contribution in [0.2, 0.25) is 5.02 Å². The monoisotopic (exact) mass is 500 g/mol. The lowest BCUT2D eigenvalue weighted by molar-refractivity contribution is 0.0497. The number of rotatable bonds is 6. The normalized spacial score (nSPS) is 11.4. The van der Waals surface area contributed by atoms with Crippen molar-refractivity contribution in [2.24, 2.45) is 17.9 Å². The Morgan fingerprint density at radius 2 is 1.88 bits per heavy atom. The van der Waals surface area contributed by atoms with Gasteiger partial charge in [0.05, 0.1) is 12.2 Å². The van der Waals surface area contributed by atoms with Crippen molar-refractivity contribution in [2.75, 3.05) is 0 Å². The van der Waals surface area contributed by atoms with E-state index in [0.717, 1.165) is 21.5 Å². The Kier molecular flexibility index (Phi) is 6.72. The van der Waals surface area contributed by atoms with Gasteiger partial charge in [-0.3, -0.25) is 9.55 Å². The highest BCUT2D eigenvalue weighted by Crippen LogP contribution is 2.26. The second-order valence-corrected chi connectivity index (χ2v) is 8.18. The molecular formula is C21H17ClN6O5S. The van der Waals surface area contributed by atoms with Gasteiger partial charge in [-0.15, -0.1) is 0 Å². The number of benzene rings is 2. The Bertz CT molecular complexity index is 1520. The first-order valence-corrected chi connectivity index (χ1v) is 10.9. The standard InChI is InChI=1S/C21H17ClN6O5S/c1-27-19(30)26-18(28(21(27)31)10-12-2-4-13(22)5-3-12)24-14-6-8-15(9-7-14)32-20-25-16(11-34-20)17(29)33-23/h2-9,11H,10,23H2,1H3,(H,24,26,30). The van der Waals surface area contributed by atoms with Crippen LogP contribution in [0, 0.1) is 0 Å². The van der Waals surface area contributed by atoms with Crippen LogP contribution in [-0.4, -0.2) is 25.1 Å². The molecule has 0 saturated carbocycles. The zero-order valence-corrected chi connectivity index (χ0v) is 19.2. The SMILES string of the molecule is Cn1c(=O)[nH]/c(=N\c2ccc(Oc3nc(C(=O)ON)cs3)cc2)n(Cc2ccc(Cl)cc2)c1=O. The van der Waals surface area contributed by atoms with E-state index in [1.165, 1.54) is 17.0 Å². The van der Waals surface area contributed by atoms with Gasteiger partial charge in [0.15, 0.2) is 5.69 Å². The highest BCUT2D eigenvalue weighted by atomic mass is 35.5. The van der Waals surface area contributed by atoms with Gasteiger partial charge in [0.25, 0.3) is 5.19 Å². The highest BCUT2D eigenvalue weighted by molar-refractivity contribution is 7.11. The van der Waals surface area contributed by atoms with Crippen molar-refractivity contribution >= 4 is 34.6 Å². The molecule has 0 aliphatic rings. The van der Waals surface area contributed by atoms with Crippen molar-refractivity contribution in [2.45, 2.75) is 6.54 Å². The van der Waals surface area contributed by atoms with E-state index in [0.29, 0.717) is 16.5 Å². The van der Waals surface area contributed by atoms with Crippen molar-refractivity contribution in [1.29, 1.82) is 0 Å². The molecule has 0 aliphatic heterocycles. The lowest BCUT2D eigenvalue weighted by Gasteiger charge is -2.09. The number of H-pyrrole nitrogens is 1. The van der Waals surface area contributed by atoms with E-state index < -0.39 is 17.3 Å². The van der Waals surface area contributed by atoms with Crippen molar-refractivity contribution in [3.05, 3.63) is 96.8 Å². The van der Waals surface area contributed by atoms with E-state index in [-0.39, 0.29) is 23.1 Å². The molecule has 34 heavy (non-hydrogen) atoms. The largest absolute Gasteiger partial charge is 0.431 e. The molecule has 2 aromatic heterocycles. The number of halogens is 1. The molecule has 13 heteroatoms. The first-order chi connectivity index (χ1) is 16.3. The molecule has 4 rings (SSSR count). The van der Waals surface area contributed by atoms with Gasteiger partial charge >= 0.3 is 17.3 Å². The van der Waals surface area contributed by atoms with Crippen LogP contribution in [0.1, 0.15) is 16.1 Å². The minimum absolute atomic E-state index is 0.0361. The van der Waals surface area contributed by atoms with E-state index in [4.69, 9.17) is 22.2 Å². The van der Waals surface area contributed by atoms with Gasteiger partial charge in [0.1, 0.15) is 5.75 Å². The average molecular weight is 501 g/mol. The molecule has 0 spiro atoms. The summed E-state index contributed by atoms with van der Waals surface area (Å²) in [7, 11) is 1.38. The number of nitrogens with one attached hydrogen (secondary N) is 1. The van der Waals surface area contributed by atoms with Crippen LogP contribution < -0.4 is 27.6 Å². The zero-order chi connectivity index (χ0) is 24.2. The summed E-state index contributed by atoms with van der Waals surface area (Å²) in [5.41, 5.74) is 0.280. The van der Waals surface area contributed by atoms with Crippen molar-refractivity contribution in [1.82, 2.24) is 19.1 Å². The number of aromatic amines is 1. The van der Waals surface area contributed by atoms with Crippen LogP contribution in [0.25, 0.3) is 0 Å². The summed E-state index contributed by atoms with van der Waals surface area (Å²) in [5, 5.41) is 2.25. The quantitative estimate of drug-likeness (QED) is 0.385. The summed E-state index contributed by atoms with van der Waals surface area (Å²) in [6.07, 6.45) is 0. The molecule has 4 aromatic rings. The average Bonchev–Trinajstić information content (AvgIpc) is 3.30. The maximum absolute atomic E-state index is 12.8. The summed E-state index contributed by atoms with van der Waals surface area (Å²) in [5.74, 6) is 4.52. The Balaban J connectivity index is 1.63. The number of hydrogen-bond acceptors (Lipinski definition) is 9.